The second-order valence-corrected chi connectivity index (χ2v) is 6.49. The average molecular weight is 371 g/mol. The minimum Gasteiger partial charge on any atom is -0.508 e. The Morgan fingerprint density at radius 3 is 2.39 bits per heavy atom. The molecule has 1 aliphatic rings. The van der Waals surface area contributed by atoms with Gasteiger partial charge in [-0.3, -0.25) is 5.43 Å². The molecule has 6 heteroatoms. The molecular weight excluding hydrogens is 354 g/mol. The number of benzene rings is 3. The highest BCUT2D eigenvalue weighted by atomic mass is 16.5. The molecule has 3 aromatic rings. The Hall–Kier alpha value is -3.98. The van der Waals surface area contributed by atoms with E-state index >= 15 is 0 Å². The number of aromatic hydroxyl groups is 2. The maximum atomic E-state index is 9.76. The van der Waals surface area contributed by atoms with Crippen molar-refractivity contribution in [3.63, 3.8) is 0 Å². The number of fused-ring (bicyclic) bond motifs is 1. The van der Waals surface area contributed by atoms with E-state index in [-0.39, 0.29) is 17.4 Å². The van der Waals surface area contributed by atoms with Gasteiger partial charge in [-0.25, -0.2) is 0 Å². The highest BCUT2D eigenvalue weighted by Crippen LogP contribution is 2.36. The number of nitrogens with one attached hydrogen (secondary N) is 1. The number of nitrogens with zero attached hydrogens (tertiary/aromatic N) is 2. The molecule has 0 radical (unpaired) electrons. The van der Waals surface area contributed by atoms with Gasteiger partial charge in [0.15, 0.2) is 0 Å². The van der Waals surface area contributed by atoms with Gasteiger partial charge in [-0.2, -0.15) is 5.26 Å². The number of ether oxygens (including phenoxy) is 1. The van der Waals surface area contributed by atoms with Gasteiger partial charge >= 0.3 is 0 Å². The van der Waals surface area contributed by atoms with E-state index in [1.165, 1.54) is 0 Å². The van der Waals surface area contributed by atoms with Crippen molar-refractivity contribution in [2.24, 2.45) is 5.10 Å². The van der Waals surface area contributed by atoms with E-state index in [0.717, 1.165) is 16.8 Å². The van der Waals surface area contributed by atoms with Crippen molar-refractivity contribution in [3.05, 3.63) is 83.4 Å². The van der Waals surface area contributed by atoms with Gasteiger partial charge in [-0.05, 0) is 60.0 Å². The number of hydrogen-bond donors (Lipinski definition) is 3. The molecule has 4 rings (SSSR count). The van der Waals surface area contributed by atoms with E-state index < -0.39 is 0 Å². The van der Waals surface area contributed by atoms with Gasteiger partial charge in [-0.1, -0.05) is 18.2 Å². The van der Waals surface area contributed by atoms with Crippen LogP contribution < -0.4 is 10.2 Å². The van der Waals surface area contributed by atoms with E-state index in [1.807, 2.05) is 18.2 Å². The minimum absolute atomic E-state index is 0.126. The number of hydrogen-bond acceptors (Lipinski definition) is 6. The number of phenolic OH excluding ortho intramolecular Hbond substituents is 2. The van der Waals surface area contributed by atoms with Crippen LogP contribution in [0.3, 0.4) is 0 Å². The molecule has 0 bridgehead atoms. The number of phenols is 2. The average Bonchev–Trinajstić information content (AvgIpc) is 2.72. The summed E-state index contributed by atoms with van der Waals surface area (Å²) in [6, 6.07) is 21.0. The lowest BCUT2D eigenvalue weighted by atomic mass is 9.89. The fourth-order valence-corrected chi connectivity index (χ4v) is 3.10. The Morgan fingerprint density at radius 1 is 0.964 bits per heavy atom. The van der Waals surface area contributed by atoms with Crippen LogP contribution in [0.5, 0.6) is 17.2 Å². The third-order valence-corrected chi connectivity index (χ3v) is 4.59. The third kappa shape index (κ3) is 3.60. The lowest BCUT2D eigenvalue weighted by Gasteiger charge is -2.27. The van der Waals surface area contributed by atoms with Crippen molar-refractivity contribution in [2.45, 2.75) is 12.3 Å². The summed E-state index contributed by atoms with van der Waals surface area (Å²) in [4.78, 5) is 0. The van der Waals surface area contributed by atoms with E-state index in [1.54, 1.807) is 48.5 Å². The zero-order valence-corrected chi connectivity index (χ0v) is 14.8. The molecule has 0 saturated heterocycles. The molecule has 28 heavy (non-hydrogen) atoms. The standard InChI is InChI=1S/C22H17N3O3/c23-13-14-1-6-17(7-2-14)24-25-22-20(15-3-8-18(26)9-4-15)11-16-5-10-19(27)12-21(16)28-22/h1-10,12,20,24,26-27H,11H2. The van der Waals surface area contributed by atoms with E-state index in [2.05, 4.69) is 16.6 Å². The van der Waals surface area contributed by atoms with Crippen LogP contribution in [0.1, 0.15) is 22.6 Å². The molecule has 0 saturated carbocycles. The predicted molar refractivity (Wildman–Crippen MR) is 106 cm³/mol. The molecule has 1 aliphatic heterocycles. The monoisotopic (exact) mass is 371 g/mol. The third-order valence-electron chi connectivity index (χ3n) is 4.59. The van der Waals surface area contributed by atoms with Gasteiger partial charge in [0.1, 0.15) is 17.2 Å². The topological polar surface area (TPSA) is 97.9 Å². The first-order chi connectivity index (χ1) is 13.6. The van der Waals surface area contributed by atoms with Gasteiger partial charge in [0, 0.05) is 6.07 Å². The van der Waals surface area contributed by atoms with Crippen molar-refractivity contribution in [2.75, 3.05) is 5.43 Å². The Labute approximate surface area is 162 Å². The second-order valence-electron chi connectivity index (χ2n) is 6.49. The van der Waals surface area contributed by atoms with Crippen molar-refractivity contribution >= 4 is 11.6 Å². The van der Waals surface area contributed by atoms with Crippen molar-refractivity contribution in [3.8, 4) is 23.3 Å². The molecule has 3 N–H and O–H groups in total. The van der Waals surface area contributed by atoms with Gasteiger partial charge in [0.2, 0.25) is 5.90 Å². The van der Waals surface area contributed by atoms with Crippen LogP contribution in [0.4, 0.5) is 5.69 Å². The lowest BCUT2D eigenvalue weighted by Crippen LogP contribution is -2.27. The number of anilines is 1. The minimum atomic E-state index is -0.150. The first kappa shape index (κ1) is 17.4. The zero-order valence-electron chi connectivity index (χ0n) is 14.8. The van der Waals surface area contributed by atoms with Gasteiger partial charge < -0.3 is 14.9 Å². The Kier molecular flexibility index (Phi) is 4.56. The summed E-state index contributed by atoms with van der Waals surface area (Å²) >= 11 is 0. The van der Waals surface area contributed by atoms with Crippen LogP contribution in [-0.2, 0) is 6.42 Å². The summed E-state index contributed by atoms with van der Waals surface area (Å²) in [5.41, 5.74) is 6.18. The van der Waals surface area contributed by atoms with E-state index in [4.69, 9.17) is 10.00 Å². The van der Waals surface area contributed by atoms with Crippen molar-refractivity contribution < 1.29 is 14.9 Å². The predicted octanol–water partition coefficient (Wildman–Crippen LogP) is 4.11. The fraction of sp³-hybridized carbons (Fsp3) is 0.0909. The zero-order chi connectivity index (χ0) is 19.5. The van der Waals surface area contributed by atoms with Gasteiger partial charge in [0.25, 0.3) is 0 Å². The van der Waals surface area contributed by atoms with Crippen LogP contribution in [0.25, 0.3) is 0 Å². The van der Waals surface area contributed by atoms with Crippen LogP contribution in [0.15, 0.2) is 71.8 Å². The van der Waals surface area contributed by atoms with Crippen LogP contribution in [0, 0.1) is 11.3 Å². The smallest absolute Gasteiger partial charge is 0.220 e. The Morgan fingerprint density at radius 2 is 1.68 bits per heavy atom. The second kappa shape index (κ2) is 7.33. The maximum absolute atomic E-state index is 9.76. The van der Waals surface area contributed by atoms with Gasteiger partial charge in [-0.15, -0.1) is 5.10 Å². The summed E-state index contributed by atoms with van der Waals surface area (Å²) in [6.45, 7) is 0. The Bertz CT molecular complexity index is 1070. The summed E-state index contributed by atoms with van der Waals surface area (Å²) < 4.78 is 5.99. The van der Waals surface area contributed by atoms with Crippen LogP contribution in [-0.4, -0.2) is 16.1 Å². The molecule has 3 aromatic carbocycles. The first-order valence-electron chi connectivity index (χ1n) is 8.75. The largest absolute Gasteiger partial charge is 0.508 e. The summed E-state index contributed by atoms with van der Waals surface area (Å²) in [5, 5.41) is 32.7. The van der Waals surface area contributed by atoms with Gasteiger partial charge in [0.05, 0.1) is 23.2 Å². The summed E-state index contributed by atoms with van der Waals surface area (Å²) in [6.07, 6.45) is 0.647. The first-order valence-corrected chi connectivity index (χ1v) is 8.75. The highest BCUT2D eigenvalue weighted by Gasteiger charge is 2.28. The molecule has 1 atom stereocenters. The molecule has 0 aliphatic carbocycles. The van der Waals surface area contributed by atoms with E-state index in [0.29, 0.717) is 23.6 Å². The number of rotatable bonds is 3. The molecule has 0 spiro atoms. The lowest BCUT2D eigenvalue weighted by molar-refractivity contribution is 0.453. The maximum Gasteiger partial charge on any atom is 0.220 e. The highest BCUT2D eigenvalue weighted by molar-refractivity contribution is 5.88. The molecule has 6 nitrogen and oxygen atoms in total. The van der Waals surface area contributed by atoms with E-state index in [9.17, 15) is 10.2 Å². The molecule has 0 aromatic heterocycles. The number of nitriles is 1. The fourth-order valence-electron chi connectivity index (χ4n) is 3.10. The molecule has 1 unspecified atom stereocenters. The van der Waals surface area contributed by atoms with Crippen LogP contribution >= 0.6 is 0 Å². The normalized spacial score (nSPS) is 16.7. The molecule has 138 valence electrons. The van der Waals surface area contributed by atoms with Crippen molar-refractivity contribution in [1.29, 1.82) is 5.26 Å². The Balaban J connectivity index is 1.67. The quantitative estimate of drug-likeness (QED) is 0.602. The summed E-state index contributed by atoms with van der Waals surface area (Å²) in [7, 11) is 0. The van der Waals surface area contributed by atoms with Crippen molar-refractivity contribution in [1.82, 2.24) is 0 Å². The molecule has 0 amide bonds. The summed E-state index contributed by atoms with van der Waals surface area (Å²) in [5.74, 6) is 1.19. The number of hydrazone groups is 1. The SMILES string of the molecule is N#Cc1ccc(NN=C2Oc3cc(O)ccc3CC2c2ccc(O)cc2)cc1. The molecular formula is C22H17N3O3. The molecule has 0 fully saturated rings. The van der Waals surface area contributed by atoms with Crippen LogP contribution in [0.2, 0.25) is 0 Å². The molecule has 1 heterocycles.